The van der Waals surface area contributed by atoms with E-state index in [2.05, 4.69) is 0 Å². The maximum atomic E-state index is 13.1. The molecule has 2 rings (SSSR count). The van der Waals surface area contributed by atoms with Gasteiger partial charge in [0.25, 0.3) is 0 Å². The average Bonchev–Trinajstić information content (AvgIpc) is 2.89. The van der Waals surface area contributed by atoms with Crippen molar-refractivity contribution in [2.75, 3.05) is 79.1 Å². The molecular formula is C28H44N2O10S3. The maximum Gasteiger partial charge on any atom is 0.206 e. The van der Waals surface area contributed by atoms with E-state index in [0.29, 0.717) is 85.5 Å². The van der Waals surface area contributed by atoms with Crippen molar-refractivity contribution >= 4 is 30.1 Å². The molecule has 0 aliphatic carbocycles. The van der Waals surface area contributed by atoms with E-state index in [1.807, 2.05) is 28.2 Å². The van der Waals surface area contributed by atoms with Gasteiger partial charge in [0, 0.05) is 11.5 Å². The Morgan fingerprint density at radius 3 is 1.16 bits per heavy atom. The summed E-state index contributed by atoms with van der Waals surface area (Å²) in [6, 6.07) is 12.4. The summed E-state index contributed by atoms with van der Waals surface area (Å²) in [6.45, 7) is 3.42. The van der Waals surface area contributed by atoms with E-state index in [1.165, 1.54) is 24.3 Å². The molecule has 12 nitrogen and oxygen atoms in total. The van der Waals surface area contributed by atoms with E-state index >= 15 is 0 Å². The van der Waals surface area contributed by atoms with E-state index in [1.54, 1.807) is 24.3 Å². The Morgan fingerprint density at radius 2 is 0.860 bits per heavy atom. The Bertz CT molecular complexity index is 1360. The lowest BCUT2D eigenvalue weighted by atomic mass is 10.3. The molecule has 0 radical (unpaired) electrons. The van der Waals surface area contributed by atoms with E-state index < -0.39 is 30.1 Å². The van der Waals surface area contributed by atoms with Crippen LogP contribution in [0.15, 0.2) is 58.3 Å². The van der Waals surface area contributed by atoms with Crippen molar-refractivity contribution in [2.45, 2.75) is 35.5 Å². The fraction of sp³-hybridized carbons (Fsp3) is 0.571. The monoisotopic (exact) mass is 664 g/mol. The van der Waals surface area contributed by atoms with E-state index in [4.69, 9.17) is 9.47 Å². The van der Waals surface area contributed by atoms with Gasteiger partial charge in [0.1, 0.15) is 37.8 Å². The van der Waals surface area contributed by atoms with Crippen LogP contribution in [0.5, 0.6) is 11.5 Å². The van der Waals surface area contributed by atoms with Crippen molar-refractivity contribution in [1.82, 2.24) is 0 Å². The molecule has 0 unspecified atom stereocenters. The van der Waals surface area contributed by atoms with Crippen LogP contribution in [0.3, 0.4) is 0 Å². The SMILES string of the molecule is C[N+](C)(CCCCS(=O)(=O)[O-])CCOc1ccc(S(=O)(=O)c2ccc(OCC[N+](C)(C)CCCCS(=O)(=O)[O-])cc2)cc1. The molecule has 2 aromatic rings. The van der Waals surface area contributed by atoms with Crippen LogP contribution in [0.25, 0.3) is 0 Å². The molecular weight excluding hydrogens is 621 g/mol. The minimum absolute atomic E-state index is 0.127. The van der Waals surface area contributed by atoms with Gasteiger partial charge in [0.2, 0.25) is 9.84 Å². The van der Waals surface area contributed by atoms with E-state index in [9.17, 15) is 34.4 Å². The minimum Gasteiger partial charge on any atom is -0.748 e. The van der Waals surface area contributed by atoms with Crippen molar-refractivity contribution in [3.8, 4) is 11.5 Å². The smallest absolute Gasteiger partial charge is 0.206 e. The number of sulfone groups is 1. The molecule has 15 heteroatoms. The normalized spacial score (nSPS) is 13.2. The first-order chi connectivity index (χ1) is 19.8. The number of quaternary nitrogens is 2. The van der Waals surface area contributed by atoms with Crippen molar-refractivity contribution in [2.24, 2.45) is 0 Å². The first kappa shape index (κ1) is 36.9. The highest BCUT2D eigenvalue weighted by Crippen LogP contribution is 2.25. The lowest BCUT2D eigenvalue weighted by Crippen LogP contribution is -2.43. The zero-order valence-corrected chi connectivity index (χ0v) is 27.8. The first-order valence-electron chi connectivity index (χ1n) is 14.0. The topological polar surface area (TPSA) is 167 Å². The second-order valence-electron chi connectivity index (χ2n) is 11.8. The Balaban J connectivity index is 1.82. The van der Waals surface area contributed by atoms with Crippen LogP contribution in [-0.2, 0) is 30.1 Å². The van der Waals surface area contributed by atoms with Crippen LogP contribution in [0.1, 0.15) is 25.7 Å². The predicted molar refractivity (Wildman–Crippen MR) is 161 cm³/mol. The third-order valence-corrected chi connectivity index (χ3v) is 10.4. The van der Waals surface area contributed by atoms with Gasteiger partial charge in [-0.25, -0.2) is 25.3 Å². The summed E-state index contributed by atoms with van der Waals surface area (Å²) in [5.74, 6) is 0.329. The number of hydrogen-bond donors (Lipinski definition) is 0. The Morgan fingerprint density at radius 1 is 0.535 bits per heavy atom. The second-order valence-corrected chi connectivity index (χ2v) is 16.8. The summed E-state index contributed by atoms with van der Waals surface area (Å²) in [4.78, 5) is 0.253. The van der Waals surface area contributed by atoms with Crippen LogP contribution < -0.4 is 9.47 Å². The summed E-state index contributed by atoms with van der Waals surface area (Å²) in [5.41, 5.74) is 0. The Hall–Kier alpha value is -2.27. The molecule has 244 valence electrons. The number of rotatable bonds is 20. The van der Waals surface area contributed by atoms with Crippen molar-refractivity contribution < 1.29 is 52.8 Å². The summed E-state index contributed by atoms with van der Waals surface area (Å²) in [7, 11) is -4.20. The van der Waals surface area contributed by atoms with Gasteiger partial charge < -0.3 is 27.5 Å². The first-order valence-corrected chi connectivity index (χ1v) is 18.6. The fourth-order valence-corrected chi connectivity index (χ4v) is 6.62. The molecule has 0 heterocycles. The Kier molecular flexibility index (Phi) is 13.4. The molecule has 0 aliphatic rings. The standard InChI is InChI=1S/C28H44N2O10S3/c1-29(2,17-5-7-23-41(31,32)33)19-21-39-25-9-13-27(14-10-25)43(37,38)28-15-11-26(12-16-28)40-22-20-30(3,4)18-6-8-24-42(34,35)36/h9-16H,5-8,17-24H2,1-4H3. The Labute approximate surface area is 256 Å². The van der Waals surface area contributed by atoms with E-state index in [-0.39, 0.29) is 21.3 Å². The molecule has 0 N–H and O–H groups in total. The number of likely N-dealkylation sites (N-methyl/N-ethyl adjacent to an activating group) is 2. The van der Waals surface area contributed by atoms with Gasteiger partial charge in [-0.3, -0.25) is 0 Å². The van der Waals surface area contributed by atoms with Crippen LogP contribution >= 0.6 is 0 Å². The summed E-state index contributed by atoms with van der Waals surface area (Å²) < 4.78 is 103. The summed E-state index contributed by atoms with van der Waals surface area (Å²) in [5, 5.41) is 0. The third kappa shape index (κ3) is 14.8. The van der Waals surface area contributed by atoms with Crippen molar-refractivity contribution in [3.05, 3.63) is 48.5 Å². The van der Waals surface area contributed by atoms with Gasteiger partial charge in [0.15, 0.2) is 0 Å². The number of unbranched alkanes of at least 4 members (excludes halogenated alkanes) is 2. The molecule has 0 saturated carbocycles. The third-order valence-electron chi connectivity index (χ3n) is 7.01. The second kappa shape index (κ2) is 15.6. The van der Waals surface area contributed by atoms with E-state index in [0.717, 1.165) is 0 Å². The highest BCUT2D eigenvalue weighted by molar-refractivity contribution is 7.91. The highest BCUT2D eigenvalue weighted by atomic mass is 32.2. The summed E-state index contributed by atoms with van der Waals surface area (Å²) in [6.07, 6.45) is 1.85. The van der Waals surface area contributed by atoms with Gasteiger partial charge >= 0.3 is 0 Å². The van der Waals surface area contributed by atoms with Gasteiger partial charge in [-0.1, -0.05) is 0 Å². The van der Waals surface area contributed by atoms with Gasteiger partial charge in [-0.05, 0) is 74.2 Å². The molecule has 0 saturated heterocycles. The van der Waals surface area contributed by atoms with Crippen molar-refractivity contribution in [1.29, 1.82) is 0 Å². The maximum absolute atomic E-state index is 13.1. The fourth-order valence-electron chi connectivity index (χ4n) is 4.25. The highest BCUT2D eigenvalue weighted by Gasteiger charge is 2.19. The van der Waals surface area contributed by atoms with Crippen LogP contribution in [0.4, 0.5) is 0 Å². The quantitative estimate of drug-likeness (QED) is 0.116. The molecule has 2 aromatic carbocycles. The summed E-state index contributed by atoms with van der Waals surface area (Å²) >= 11 is 0. The predicted octanol–water partition coefficient (Wildman–Crippen LogP) is 2.08. The average molecular weight is 665 g/mol. The molecule has 0 aromatic heterocycles. The van der Waals surface area contributed by atoms with Gasteiger partial charge in [0.05, 0.1) is 71.3 Å². The van der Waals surface area contributed by atoms with Crippen molar-refractivity contribution in [3.63, 3.8) is 0 Å². The molecule has 0 atom stereocenters. The molecule has 0 spiro atoms. The van der Waals surface area contributed by atoms with Gasteiger partial charge in [-0.15, -0.1) is 0 Å². The zero-order chi connectivity index (χ0) is 32.4. The molecule has 43 heavy (non-hydrogen) atoms. The molecule has 0 amide bonds. The molecule has 0 aliphatic heterocycles. The lowest BCUT2D eigenvalue weighted by Gasteiger charge is -2.29. The number of benzene rings is 2. The van der Waals surface area contributed by atoms with Crippen LogP contribution in [0.2, 0.25) is 0 Å². The van der Waals surface area contributed by atoms with Crippen LogP contribution in [-0.4, -0.2) is 122 Å². The zero-order valence-electron chi connectivity index (χ0n) is 25.3. The molecule has 0 bridgehead atoms. The number of ether oxygens (including phenoxy) is 2. The number of nitrogens with zero attached hydrogens (tertiary/aromatic N) is 2. The molecule has 0 fully saturated rings. The largest absolute Gasteiger partial charge is 0.748 e. The van der Waals surface area contributed by atoms with Gasteiger partial charge in [-0.2, -0.15) is 0 Å². The minimum atomic E-state index is -4.19. The lowest BCUT2D eigenvalue weighted by molar-refractivity contribution is -0.890. The van der Waals surface area contributed by atoms with Crippen LogP contribution in [0, 0.1) is 0 Å². The number of hydrogen-bond acceptors (Lipinski definition) is 10.